The SMILES string of the molecule is Cc1cccc(F)c1-n1c(N)nc2cc(Cl)cnc21. The molecule has 0 aliphatic carbocycles. The van der Waals surface area contributed by atoms with Gasteiger partial charge in [-0.05, 0) is 24.6 Å². The zero-order valence-corrected chi connectivity index (χ0v) is 10.8. The van der Waals surface area contributed by atoms with Crippen LogP contribution in [0.5, 0.6) is 0 Å². The number of fused-ring (bicyclic) bond motifs is 1. The Kier molecular flexibility index (Phi) is 2.64. The number of anilines is 1. The van der Waals surface area contributed by atoms with E-state index in [4.69, 9.17) is 17.3 Å². The monoisotopic (exact) mass is 276 g/mol. The zero-order valence-electron chi connectivity index (χ0n) is 10.1. The number of rotatable bonds is 1. The third-order valence-corrected chi connectivity index (χ3v) is 3.11. The van der Waals surface area contributed by atoms with Crippen molar-refractivity contribution in [3.63, 3.8) is 0 Å². The van der Waals surface area contributed by atoms with E-state index < -0.39 is 0 Å². The maximum atomic E-state index is 14.0. The van der Waals surface area contributed by atoms with Gasteiger partial charge in [-0.2, -0.15) is 0 Å². The lowest BCUT2D eigenvalue weighted by molar-refractivity contribution is 0.618. The first-order chi connectivity index (χ1) is 9.08. The Bertz CT molecular complexity index is 761. The summed E-state index contributed by atoms with van der Waals surface area (Å²) in [4.78, 5) is 8.34. The van der Waals surface area contributed by atoms with Crippen molar-refractivity contribution >= 4 is 28.7 Å². The van der Waals surface area contributed by atoms with Crippen molar-refractivity contribution in [2.24, 2.45) is 0 Å². The number of aryl methyl sites for hydroxylation is 1. The molecule has 0 aliphatic heterocycles. The minimum Gasteiger partial charge on any atom is -0.369 e. The summed E-state index contributed by atoms with van der Waals surface area (Å²) in [6, 6.07) is 6.48. The molecule has 6 heteroatoms. The van der Waals surface area contributed by atoms with Crippen LogP contribution >= 0.6 is 11.6 Å². The molecule has 0 amide bonds. The second kappa shape index (κ2) is 4.20. The molecule has 0 radical (unpaired) electrons. The maximum Gasteiger partial charge on any atom is 0.207 e. The molecule has 0 bridgehead atoms. The van der Waals surface area contributed by atoms with Gasteiger partial charge >= 0.3 is 0 Å². The van der Waals surface area contributed by atoms with Gasteiger partial charge in [0, 0.05) is 6.20 Å². The number of imidazole rings is 1. The molecule has 0 aliphatic rings. The fraction of sp³-hybridized carbons (Fsp3) is 0.0769. The van der Waals surface area contributed by atoms with E-state index in [1.807, 2.05) is 0 Å². The van der Waals surface area contributed by atoms with Gasteiger partial charge in [-0.15, -0.1) is 0 Å². The number of halogens is 2. The van der Waals surface area contributed by atoms with E-state index in [2.05, 4.69) is 9.97 Å². The maximum absolute atomic E-state index is 14.0. The highest BCUT2D eigenvalue weighted by atomic mass is 35.5. The largest absolute Gasteiger partial charge is 0.369 e. The highest BCUT2D eigenvalue weighted by Gasteiger charge is 2.16. The minimum atomic E-state index is -0.372. The van der Waals surface area contributed by atoms with Gasteiger partial charge in [-0.3, -0.25) is 4.57 Å². The molecule has 0 fully saturated rings. The van der Waals surface area contributed by atoms with Gasteiger partial charge in [0.1, 0.15) is 11.3 Å². The Hall–Kier alpha value is -2.14. The molecule has 0 spiro atoms. The molecule has 3 rings (SSSR count). The fourth-order valence-corrected chi connectivity index (χ4v) is 2.24. The Balaban J connectivity index is 2.40. The van der Waals surface area contributed by atoms with Crippen molar-refractivity contribution < 1.29 is 4.39 Å². The summed E-state index contributed by atoms with van der Waals surface area (Å²) < 4.78 is 15.5. The van der Waals surface area contributed by atoms with Crippen LogP contribution in [0, 0.1) is 12.7 Å². The summed E-state index contributed by atoms with van der Waals surface area (Å²) in [6.07, 6.45) is 1.48. The molecule has 0 atom stereocenters. The van der Waals surface area contributed by atoms with Crippen molar-refractivity contribution in [1.82, 2.24) is 14.5 Å². The van der Waals surface area contributed by atoms with Crippen LogP contribution in [0.15, 0.2) is 30.5 Å². The number of para-hydroxylation sites is 1. The van der Waals surface area contributed by atoms with Gasteiger partial charge in [0.15, 0.2) is 5.65 Å². The normalized spacial score (nSPS) is 11.1. The third-order valence-electron chi connectivity index (χ3n) is 2.90. The zero-order chi connectivity index (χ0) is 13.6. The summed E-state index contributed by atoms with van der Waals surface area (Å²) in [5, 5.41) is 0.461. The van der Waals surface area contributed by atoms with Crippen LogP contribution in [0.4, 0.5) is 10.3 Å². The number of aromatic nitrogens is 3. The fourth-order valence-electron chi connectivity index (χ4n) is 2.08. The van der Waals surface area contributed by atoms with Gasteiger partial charge in [-0.25, -0.2) is 14.4 Å². The molecule has 1 aromatic carbocycles. The van der Waals surface area contributed by atoms with Crippen LogP contribution in [0.3, 0.4) is 0 Å². The predicted molar refractivity (Wildman–Crippen MR) is 73.0 cm³/mol. The molecule has 0 unspecified atom stereocenters. The highest BCUT2D eigenvalue weighted by Crippen LogP contribution is 2.27. The van der Waals surface area contributed by atoms with Gasteiger partial charge in [-0.1, -0.05) is 23.7 Å². The number of nitrogens with two attached hydrogens (primary N) is 1. The number of hydrogen-bond donors (Lipinski definition) is 1. The molecule has 19 heavy (non-hydrogen) atoms. The molecule has 2 N–H and O–H groups in total. The topological polar surface area (TPSA) is 56.7 Å². The average Bonchev–Trinajstić information content (AvgIpc) is 2.65. The standard InChI is InChI=1S/C13H10ClFN4/c1-7-3-2-4-9(15)11(7)19-12-10(18-13(19)16)5-8(14)6-17-12/h2-6H,1H3,(H2,16,18). The van der Waals surface area contributed by atoms with Crippen LogP contribution in [-0.2, 0) is 0 Å². The first-order valence-corrected chi connectivity index (χ1v) is 6.00. The smallest absolute Gasteiger partial charge is 0.207 e. The molecule has 0 saturated carbocycles. The van der Waals surface area contributed by atoms with Crippen LogP contribution < -0.4 is 5.73 Å². The predicted octanol–water partition coefficient (Wildman–Crippen LogP) is 3.10. The van der Waals surface area contributed by atoms with Crippen LogP contribution in [0.25, 0.3) is 16.9 Å². The lowest BCUT2D eigenvalue weighted by Gasteiger charge is -2.10. The quantitative estimate of drug-likeness (QED) is 0.743. The third kappa shape index (κ3) is 1.82. The number of benzene rings is 1. The molecular formula is C13H10ClFN4. The van der Waals surface area contributed by atoms with Crippen molar-refractivity contribution in [3.8, 4) is 5.69 Å². The Morgan fingerprint density at radius 3 is 2.89 bits per heavy atom. The Morgan fingerprint density at radius 2 is 2.16 bits per heavy atom. The molecule has 2 heterocycles. The second-order valence-corrected chi connectivity index (χ2v) is 4.64. The van der Waals surface area contributed by atoms with Gasteiger partial charge in [0.2, 0.25) is 5.95 Å². The van der Waals surface area contributed by atoms with E-state index in [0.717, 1.165) is 5.56 Å². The molecule has 3 aromatic rings. The average molecular weight is 277 g/mol. The van der Waals surface area contributed by atoms with Crippen molar-refractivity contribution in [1.29, 1.82) is 0 Å². The van der Waals surface area contributed by atoms with Gasteiger partial charge in [0.25, 0.3) is 0 Å². The summed E-state index contributed by atoms with van der Waals surface area (Å²) >= 11 is 5.86. The number of hydrogen-bond acceptors (Lipinski definition) is 3. The van der Waals surface area contributed by atoms with Crippen LogP contribution in [-0.4, -0.2) is 14.5 Å². The molecule has 0 saturated heterocycles. The summed E-state index contributed by atoms with van der Waals surface area (Å²) in [5.41, 5.74) is 8.00. The summed E-state index contributed by atoms with van der Waals surface area (Å²) in [6.45, 7) is 1.81. The summed E-state index contributed by atoms with van der Waals surface area (Å²) in [5.74, 6) is -0.194. The minimum absolute atomic E-state index is 0.179. The highest BCUT2D eigenvalue weighted by molar-refractivity contribution is 6.31. The number of pyridine rings is 1. The number of nitrogen functional groups attached to an aromatic ring is 1. The number of nitrogens with zero attached hydrogens (tertiary/aromatic N) is 3. The van der Waals surface area contributed by atoms with E-state index in [0.29, 0.717) is 21.9 Å². The molecular weight excluding hydrogens is 267 g/mol. The van der Waals surface area contributed by atoms with Gasteiger partial charge < -0.3 is 5.73 Å². The van der Waals surface area contributed by atoms with E-state index in [9.17, 15) is 4.39 Å². The van der Waals surface area contributed by atoms with Crippen molar-refractivity contribution in [3.05, 3.63) is 46.9 Å². The first-order valence-electron chi connectivity index (χ1n) is 5.63. The van der Waals surface area contributed by atoms with E-state index >= 15 is 0 Å². The van der Waals surface area contributed by atoms with Gasteiger partial charge in [0.05, 0.1) is 10.7 Å². The van der Waals surface area contributed by atoms with Crippen molar-refractivity contribution in [2.45, 2.75) is 6.92 Å². The van der Waals surface area contributed by atoms with E-state index in [1.165, 1.54) is 16.8 Å². The Labute approximate surface area is 113 Å². The van der Waals surface area contributed by atoms with E-state index in [1.54, 1.807) is 25.1 Å². The molecule has 96 valence electrons. The summed E-state index contributed by atoms with van der Waals surface area (Å²) in [7, 11) is 0. The lowest BCUT2D eigenvalue weighted by atomic mass is 10.2. The molecule has 2 aromatic heterocycles. The van der Waals surface area contributed by atoms with Crippen LogP contribution in [0.1, 0.15) is 5.56 Å². The Morgan fingerprint density at radius 1 is 1.37 bits per heavy atom. The van der Waals surface area contributed by atoms with Crippen molar-refractivity contribution in [2.75, 3.05) is 5.73 Å². The van der Waals surface area contributed by atoms with Crippen LogP contribution in [0.2, 0.25) is 5.02 Å². The molecule has 4 nitrogen and oxygen atoms in total. The lowest BCUT2D eigenvalue weighted by Crippen LogP contribution is -2.05. The first kappa shape index (κ1) is 11.9. The second-order valence-electron chi connectivity index (χ2n) is 4.21. The van der Waals surface area contributed by atoms with E-state index in [-0.39, 0.29) is 11.8 Å².